The molecule has 0 aliphatic carbocycles. The molecule has 3 rings (SSSR count). The summed E-state index contributed by atoms with van der Waals surface area (Å²) in [4.78, 5) is 39.1. The minimum Gasteiger partial charge on any atom is -0.445 e. The van der Waals surface area contributed by atoms with Gasteiger partial charge in [0, 0.05) is 13.0 Å². The van der Waals surface area contributed by atoms with E-state index in [1.54, 1.807) is 4.90 Å². The standard InChI is InChI=1S/C23H26N2O4/c1-17(26)21-13-8-14-25(21)22(27)20(15-18-9-4-2-5-10-18)24-23(28)29-16-19-11-6-3-7-12-19/h2-7,9-12,20-21H,8,13-16H2,1H3,(H,24,28)/t20-,21+/m1/s1. The molecular weight excluding hydrogens is 368 g/mol. The van der Waals surface area contributed by atoms with E-state index in [4.69, 9.17) is 4.74 Å². The van der Waals surface area contributed by atoms with Gasteiger partial charge in [0.05, 0.1) is 6.04 Å². The zero-order valence-corrected chi connectivity index (χ0v) is 16.5. The number of benzene rings is 2. The third-order valence-corrected chi connectivity index (χ3v) is 5.09. The van der Waals surface area contributed by atoms with Gasteiger partial charge in [-0.2, -0.15) is 0 Å². The minimum atomic E-state index is -0.791. The fourth-order valence-electron chi connectivity index (χ4n) is 3.61. The third kappa shape index (κ3) is 5.67. The van der Waals surface area contributed by atoms with Crippen molar-refractivity contribution in [2.75, 3.05) is 6.54 Å². The van der Waals surface area contributed by atoms with Crippen molar-refractivity contribution in [3.63, 3.8) is 0 Å². The van der Waals surface area contributed by atoms with Crippen molar-refractivity contribution in [3.8, 4) is 0 Å². The fourth-order valence-corrected chi connectivity index (χ4v) is 3.61. The van der Waals surface area contributed by atoms with Crippen LogP contribution in [-0.2, 0) is 27.4 Å². The molecule has 0 unspecified atom stereocenters. The lowest BCUT2D eigenvalue weighted by Gasteiger charge is -2.28. The number of alkyl carbamates (subject to hydrolysis) is 1. The largest absolute Gasteiger partial charge is 0.445 e. The number of rotatable bonds is 7. The molecule has 152 valence electrons. The number of nitrogens with one attached hydrogen (secondary N) is 1. The Labute approximate surface area is 170 Å². The molecule has 2 aromatic rings. The van der Waals surface area contributed by atoms with Crippen LogP contribution in [0.4, 0.5) is 4.79 Å². The van der Waals surface area contributed by atoms with E-state index in [1.165, 1.54) is 6.92 Å². The second-order valence-electron chi connectivity index (χ2n) is 7.25. The van der Waals surface area contributed by atoms with Gasteiger partial charge in [-0.1, -0.05) is 60.7 Å². The maximum Gasteiger partial charge on any atom is 0.408 e. The Kier molecular flexibility index (Phi) is 7.00. The van der Waals surface area contributed by atoms with E-state index in [0.717, 1.165) is 17.5 Å². The molecule has 1 saturated heterocycles. The van der Waals surface area contributed by atoms with Gasteiger partial charge in [0.1, 0.15) is 12.6 Å². The fraction of sp³-hybridized carbons (Fsp3) is 0.348. The maximum absolute atomic E-state index is 13.2. The van der Waals surface area contributed by atoms with Crippen LogP contribution in [-0.4, -0.2) is 41.3 Å². The molecule has 1 aliphatic heterocycles. The van der Waals surface area contributed by atoms with E-state index in [2.05, 4.69) is 5.32 Å². The SMILES string of the molecule is CC(=O)[C@@H]1CCCN1C(=O)[C@@H](Cc1ccccc1)NC(=O)OCc1ccccc1. The van der Waals surface area contributed by atoms with E-state index < -0.39 is 18.2 Å². The first-order valence-electron chi connectivity index (χ1n) is 9.86. The molecule has 0 spiro atoms. The molecule has 2 amide bonds. The average Bonchev–Trinajstić information content (AvgIpc) is 3.23. The van der Waals surface area contributed by atoms with Crippen LogP contribution >= 0.6 is 0 Å². The molecule has 1 N–H and O–H groups in total. The number of likely N-dealkylation sites (tertiary alicyclic amines) is 1. The van der Waals surface area contributed by atoms with E-state index >= 15 is 0 Å². The van der Waals surface area contributed by atoms with Crippen molar-refractivity contribution < 1.29 is 19.1 Å². The first kappa shape index (κ1) is 20.6. The molecular formula is C23H26N2O4. The van der Waals surface area contributed by atoms with E-state index in [0.29, 0.717) is 19.4 Å². The van der Waals surface area contributed by atoms with Crippen molar-refractivity contribution in [2.24, 2.45) is 0 Å². The second kappa shape index (κ2) is 9.87. The van der Waals surface area contributed by atoms with Gasteiger partial charge in [0.2, 0.25) is 5.91 Å². The molecule has 0 aromatic heterocycles. The summed E-state index contributed by atoms with van der Waals surface area (Å²) in [6.45, 7) is 2.15. The number of Topliss-reactive ketones (excluding diaryl/α,β-unsaturated/α-hetero) is 1. The number of ether oxygens (including phenoxy) is 1. The van der Waals surface area contributed by atoms with Gasteiger partial charge in [-0.3, -0.25) is 9.59 Å². The van der Waals surface area contributed by atoms with Gasteiger partial charge in [-0.25, -0.2) is 4.79 Å². The van der Waals surface area contributed by atoms with Gasteiger partial charge in [0.25, 0.3) is 0 Å². The van der Waals surface area contributed by atoms with E-state index in [-0.39, 0.29) is 18.3 Å². The molecule has 29 heavy (non-hydrogen) atoms. The molecule has 2 atom stereocenters. The number of nitrogens with zero attached hydrogens (tertiary/aromatic N) is 1. The average molecular weight is 394 g/mol. The van der Waals surface area contributed by atoms with Crippen LogP contribution in [0, 0.1) is 0 Å². The second-order valence-corrected chi connectivity index (χ2v) is 7.25. The number of carbonyl (C=O) groups excluding carboxylic acids is 3. The van der Waals surface area contributed by atoms with Crippen LogP contribution in [0.25, 0.3) is 0 Å². The Morgan fingerprint density at radius 1 is 1.03 bits per heavy atom. The first-order valence-corrected chi connectivity index (χ1v) is 9.86. The molecule has 6 nitrogen and oxygen atoms in total. The highest BCUT2D eigenvalue weighted by Crippen LogP contribution is 2.20. The summed E-state index contributed by atoms with van der Waals surface area (Å²) in [6, 6.07) is 17.6. The number of hydrogen-bond acceptors (Lipinski definition) is 4. The lowest BCUT2D eigenvalue weighted by atomic mass is 10.0. The van der Waals surface area contributed by atoms with Crippen molar-refractivity contribution in [3.05, 3.63) is 71.8 Å². The number of ketones is 1. The molecule has 6 heteroatoms. The summed E-state index contributed by atoms with van der Waals surface area (Å²) in [5, 5.41) is 2.71. The highest BCUT2D eigenvalue weighted by atomic mass is 16.5. The maximum atomic E-state index is 13.2. The molecule has 1 heterocycles. The van der Waals surface area contributed by atoms with E-state index in [9.17, 15) is 14.4 Å². The lowest BCUT2D eigenvalue weighted by molar-refractivity contribution is -0.138. The highest BCUT2D eigenvalue weighted by molar-refractivity contribution is 5.92. The smallest absolute Gasteiger partial charge is 0.408 e. The van der Waals surface area contributed by atoms with Crippen LogP contribution in [0.15, 0.2) is 60.7 Å². The Hall–Kier alpha value is -3.15. The molecule has 2 aromatic carbocycles. The number of amides is 2. The topological polar surface area (TPSA) is 75.7 Å². The molecule has 0 radical (unpaired) electrons. The first-order chi connectivity index (χ1) is 14.0. The van der Waals surface area contributed by atoms with Gasteiger partial charge in [-0.05, 0) is 30.9 Å². The highest BCUT2D eigenvalue weighted by Gasteiger charge is 2.36. The normalized spacial score (nSPS) is 16.9. The predicted octanol–water partition coefficient (Wildman–Crippen LogP) is 3.10. The van der Waals surface area contributed by atoms with E-state index in [1.807, 2.05) is 60.7 Å². The zero-order valence-electron chi connectivity index (χ0n) is 16.5. The van der Waals surface area contributed by atoms with Crippen molar-refractivity contribution in [1.82, 2.24) is 10.2 Å². The molecule has 0 bridgehead atoms. The van der Waals surface area contributed by atoms with Crippen molar-refractivity contribution in [1.29, 1.82) is 0 Å². The van der Waals surface area contributed by atoms with Crippen LogP contribution in [0.5, 0.6) is 0 Å². The zero-order chi connectivity index (χ0) is 20.6. The molecule has 0 saturated carbocycles. The van der Waals surface area contributed by atoms with Crippen LogP contribution in [0.2, 0.25) is 0 Å². The Balaban J connectivity index is 1.69. The van der Waals surface area contributed by atoms with Gasteiger partial charge >= 0.3 is 6.09 Å². The number of carbonyl (C=O) groups is 3. The molecule has 1 aliphatic rings. The lowest BCUT2D eigenvalue weighted by Crippen LogP contribution is -2.52. The minimum absolute atomic E-state index is 0.0269. The monoisotopic (exact) mass is 394 g/mol. The summed E-state index contributed by atoms with van der Waals surface area (Å²) in [5.41, 5.74) is 1.79. The Morgan fingerprint density at radius 2 is 1.66 bits per heavy atom. The molecule has 1 fully saturated rings. The summed E-state index contributed by atoms with van der Waals surface area (Å²) < 4.78 is 5.30. The summed E-state index contributed by atoms with van der Waals surface area (Å²) in [7, 11) is 0. The third-order valence-electron chi connectivity index (χ3n) is 5.09. The quantitative estimate of drug-likeness (QED) is 0.783. The van der Waals surface area contributed by atoms with Gasteiger partial charge < -0.3 is 15.0 Å². The number of hydrogen-bond donors (Lipinski definition) is 1. The van der Waals surface area contributed by atoms with Gasteiger partial charge in [-0.15, -0.1) is 0 Å². The van der Waals surface area contributed by atoms with Gasteiger partial charge in [0.15, 0.2) is 5.78 Å². The van der Waals surface area contributed by atoms with Crippen LogP contribution in [0.1, 0.15) is 30.9 Å². The van der Waals surface area contributed by atoms with Crippen molar-refractivity contribution in [2.45, 2.75) is 44.9 Å². The Morgan fingerprint density at radius 3 is 2.28 bits per heavy atom. The van der Waals surface area contributed by atoms with Crippen molar-refractivity contribution >= 4 is 17.8 Å². The van der Waals surface area contributed by atoms with Crippen LogP contribution in [0.3, 0.4) is 0 Å². The predicted molar refractivity (Wildman–Crippen MR) is 109 cm³/mol. The summed E-state index contributed by atoms with van der Waals surface area (Å²) in [5.74, 6) is -0.274. The van der Waals surface area contributed by atoms with Crippen LogP contribution < -0.4 is 5.32 Å². The summed E-state index contributed by atoms with van der Waals surface area (Å²) in [6.07, 6.45) is 1.13. The Bertz CT molecular complexity index is 838. The summed E-state index contributed by atoms with van der Waals surface area (Å²) >= 11 is 0.